The number of hydrogen-bond acceptors (Lipinski definition) is 1. The van der Waals surface area contributed by atoms with Gasteiger partial charge in [0.15, 0.2) is 11.6 Å². The molecule has 50 valence electrons. The minimum atomic E-state index is -0.827. The fourth-order valence-corrected chi connectivity index (χ4v) is 2.83. The second-order valence-corrected chi connectivity index (χ2v) is 4.93. The first-order valence-electron chi connectivity index (χ1n) is 1.91. The van der Waals surface area contributed by atoms with Crippen molar-refractivity contribution in [2.75, 3.05) is 0 Å². The van der Waals surface area contributed by atoms with Crippen LogP contribution in [0, 0.1) is 11.6 Å². The molecule has 0 bridgehead atoms. The molecule has 0 atom stereocenters. The molecule has 0 radical (unpaired) electrons. The van der Waals surface area contributed by atoms with Gasteiger partial charge >= 0.3 is 0 Å². The summed E-state index contributed by atoms with van der Waals surface area (Å²) in [6.07, 6.45) is 0. The van der Waals surface area contributed by atoms with E-state index in [1.165, 1.54) is 0 Å². The maximum atomic E-state index is 12.3. The van der Waals surface area contributed by atoms with Crippen molar-refractivity contribution in [2.45, 2.75) is 0 Å². The first kappa shape index (κ1) is 7.63. The highest BCUT2D eigenvalue weighted by molar-refractivity contribution is 9.12. The van der Waals surface area contributed by atoms with E-state index in [0.29, 0.717) is 0 Å². The summed E-state index contributed by atoms with van der Waals surface area (Å²) >= 11 is 6.66. The van der Waals surface area contributed by atoms with Crippen molar-refractivity contribution in [3.63, 3.8) is 0 Å². The second kappa shape index (κ2) is 2.64. The van der Waals surface area contributed by atoms with Crippen molar-refractivity contribution in [1.82, 2.24) is 0 Å². The molecule has 0 aliphatic heterocycles. The first-order chi connectivity index (χ1) is 4.13. The van der Waals surface area contributed by atoms with Crippen LogP contribution in [-0.2, 0) is 0 Å². The topological polar surface area (TPSA) is 0 Å². The van der Waals surface area contributed by atoms with Crippen molar-refractivity contribution in [1.29, 1.82) is 0 Å². The van der Waals surface area contributed by atoms with Crippen LogP contribution >= 0.6 is 43.2 Å². The molecule has 9 heavy (non-hydrogen) atoms. The van der Waals surface area contributed by atoms with Crippen molar-refractivity contribution in [2.24, 2.45) is 0 Å². The van der Waals surface area contributed by atoms with E-state index >= 15 is 0 Å². The van der Waals surface area contributed by atoms with Crippen molar-refractivity contribution in [3.05, 3.63) is 19.2 Å². The summed E-state index contributed by atoms with van der Waals surface area (Å²) in [4.78, 5) is 0. The van der Waals surface area contributed by atoms with E-state index in [0.717, 1.165) is 11.3 Å². The fraction of sp³-hybridized carbons (Fsp3) is 0. The molecule has 0 spiro atoms. The van der Waals surface area contributed by atoms with Gasteiger partial charge in [0.05, 0.1) is 0 Å². The molecule has 0 aliphatic carbocycles. The Kier molecular flexibility index (Phi) is 2.23. The Morgan fingerprint density at radius 1 is 1.00 bits per heavy atom. The van der Waals surface area contributed by atoms with Gasteiger partial charge in [-0.05, 0) is 31.9 Å². The van der Waals surface area contributed by atoms with E-state index in [2.05, 4.69) is 31.9 Å². The van der Waals surface area contributed by atoms with Gasteiger partial charge in [-0.15, -0.1) is 11.3 Å². The van der Waals surface area contributed by atoms with Crippen molar-refractivity contribution < 1.29 is 8.78 Å². The van der Waals surface area contributed by atoms with Crippen LogP contribution in [0.1, 0.15) is 0 Å². The van der Waals surface area contributed by atoms with Gasteiger partial charge in [0.2, 0.25) is 0 Å². The first-order valence-corrected chi connectivity index (χ1v) is 4.32. The van der Waals surface area contributed by atoms with Crippen molar-refractivity contribution in [3.8, 4) is 0 Å². The molecular weight excluding hydrogens is 278 g/mol. The zero-order chi connectivity index (χ0) is 7.02. The summed E-state index contributed by atoms with van der Waals surface area (Å²) in [7, 11) is 0. The summed E-state index contributed by atoms with van der Waals surface area (Å²) in [5.74, 6) is -1.65. The molecule has 0 saturated carbocycles. The Labute approximate surface area is 71.1 Å². The zero-order valence-electron chi connectivity index (χ0n) is 3.92. The lowest BCUT2D eigenvalue weighted by molar-refractivity contribution is 0.510. The average Bonchev–Trinajstić information content (AvgIpc) is 1.98. The molecule has 0 nitrogen and oxygen atoms in total. The van der Waals surface area contributed by atoms with Gasteiger partial charge in [-0.2, -0.15) is 0 Å². The van der Waals surface area contributed by atoms with Crippen LogP contribution in [0.2, 0.25) is 0 Å². The minimum Gasteiger partial charge on any atom is -0.202 e. The SMILES string of the molecule is Fc1c(Br)sc(Br)c1F. The minimum absolute atomic E-state index is 0.187. The van der Waals surface area contributed by atoms with Crippen LogP contribution in [-0.4, -0.2) is 0 Å². The molecule has 1 aromatic heterocycles. The normalized spacial score (nSPS) is 10.2. The smallest absolute Gasteiger partial charge is 0.185 e. The standard InChI is InChI=1S/C4Br2F2S/c5-3-1(7)2(8)4(6)9-3. The van der Waals surface area contributed by atoms with Gasteiger partial charge in [-0.3, -0.25) is 0 Å². The molecule has 1 aromatic rings. The Bertz CT molecular complexity index is 210. The summed E-state index contributed by atoms with van der Waals surface area (Å²) in [5, 5.41) is 0. The Hall–Kier alpha value is 0.520. The van der Waals surface area contributed by atoms with Crippen LogP contribution in [0.25, 0.3) is 0 Å². The Morgan fingerprint density at radius 2 is 1.33 bits per heavy atom. The number of rotatable bonds is 0. The number of thiophene rings is 1. The highest BCUT2D eigenvalue weighted by Crippen LogP contribution is 2.33. The molecular formula is C4Br2F2S. The largest absolute Gasteiger partial charge is 0.202 e. The summed E-state index contributed by atoms with van der Waals surface area (Å²) < 4.78 is 25.0. The van der Waals surface area contributed by atoms with E-state index in [4.69, 9.17) is 0 Å². The fourth-order valence-electron chi connectivity index (χ4n) is 0.341. The van der Waals surface area contributed by atoms with Gasteiger partial charge in [0, 0.05) is 0 Å². The van der Waals surface area contributed by atoms with E-state index < -0.39 is 11.6 Å². The second-order valence-electron chi connectivity index (χ2n) is 1.28. The van der Waals surface area contributed by atoms with Gasteiger partial charge in [-0.1, -0.05) is 0 Å². The van der Waals surface area contributed by atoms with Gasteiger partial charge in [0.25, 0.3) is 0 Å². The third kappa shape index (κ3) is 1.33. The lowest BCUT2D eigenvalue weighted by Crippen LogP contribution is -1.72. The van der Waals surface area contributed by atoms with Crippen LogP contribution in [0.15, 0.2) is 7.57 Å². The molecule has 0 unspecified atom stereocenters. The summed E-state index contributed by atoms with van der Waals surface area (Å²) in [6, 6.07) is 0. The van der Waals surface area contributed by atoms with E-state index in [9.17, 15) is 8.78 Å². The number of hydrogen-bond donors (Lipinski definition) is 0. The molecule has 5 heteroatoms. The lowest BCUT2D eigenvalue weighted by atomic mass is 10.6. The molecule has 1 heterocycles. The maximum Gasteiger partial charge on any atom is 0.185 e. The Balaban J connectivity index is 3.29. The van der Waals surface area contributed by atoms with Crippen LogP contribution in [0.3, 0.4) is 0 Å². The predicted molar refractivity (Wildman–Crippen MR) is 39.6 cm³/mol. The quantitative estimate of drug-likeness (QED) is 0.680. The Morgan fingerprint density at radius 3 is 1.44 bits per heavy atom. The van der Waals surface area contributed by atoms with Crippen molar-refractivity contribution >= 4 is 43.2 Å². The third-order valence-corrected chi connectivity index (χ3v) is 3.10. The molecule has 0 aliphatic rings. The molecule has 1 rings (SSSR count). The maximum absolute atomic E-state index is 12.3. The summed E-state index contributed by atoms with van der Waals surface area (Å²) in [6.45, 7) is 0. The lowest BCUT2D eigenvalue weighted by Gasteiger charge is -1.77. The third-order valence-electron chi connectivity index (χ3n) is 0.717. The average molecular weight is 278 g/mol. The molecule has 0 N–H and O–H groups in total. The highest BCUT2D eigenvalue weighted by Gasteiger charge is 2.13. The molecule has 0 fully saturated rings. The van der Waals surface area contributed by atoms with Crippen LogP contribution in [0.4, 0.5) is 8.78 Å². The molecule has 0 amide bonds. The molecule has 0 saturated heterocycles. The van der Waals surface area contributed by atoms with Gasteiger partial charge < -0.3 is 0 Å². The van der Waals surface area contributed by atoms with E-state index in [1.54, 1.807) is 0 Å². The molecule has 0 aromatic carbocycles. The predicted octanol–water partition coefficient (Wildman–Crippen LogP) is 3.55. The summed E-state index contributed by atoms with van der Waals surface area (Å²) in [5.41, 5.74) is 0. The monoisotopic (exact) mass is 276 g/mol. The van der Waals surface area contributed by atoms with Gasteiger partial charge in [-0.25, -0.2) is 8.78 Å². The van der Waals surface area contributed by atoms with E-state index in [-0.39, 0.29) is 7.57 Å². The van der Waals surface area contributed by atoms with Crippen LogP contribution in [0.5, 0.6) is 0 Å². The zero-order valence-corrected chi connectivity index (χ0v) is 7.91. The highest BCUT2D eigenvalue weighted by atomic mass is 79.9. The van der Waals surface area contributed by atoms with Crippen LogP contribution < -0.4 is 0 Å². The van der Waals surface area contributed by atoms with Gasteiger partial charge in [0.1, 0.15) is 7.57 Å². The number of halogens is 4. The van der Waals surface area contributed by atoms with E-state index in [1.807, 2.05) is 0 Å².